The van der Waals surface area contributed by atoms with E-state index in [0.717, 1.165) is 6.54 Å². The summed E-state index contributed by atoms with van der Waals surface area (Å²) in [6.45, 7) is 5.51. The lowest BCUT2D eigenvalue weighted by Gasteiger charge is -2.24. The van der Waals surface area contributed by atoms with E-state index in [2.05, 4.69) is 61.8 Å². The van der Waals surface area contributed by atoms with Gasteiger partial charge in [0, 0.05) is 23.8 Å². The fraction of sp³-hybridized carbons (Fsp3) is 0.500. The van der Waals surface area contributed by atoms with Crippen LogP contribution in [0.5, 0.6) is 0 Å². The molecule has 0 aliphatic heterocycles. The summed E-state index contributed by atoms with van der Waals surface area (Å²) in [6.07, 6.45) is 4.89. The molecule has 2 heteroatoms. The number of aryl methyl sites for hydroxylation is 2. The normalized spacial score (nSPS) is 17.6. The second kappa shape index (κ2) is 3.86. The second-order valence-electron chi connectivity index (χ2n) is 6.06. The molecule has 1 aromatic carbocycles. The molecular weight excluding hydrogens is 220 g/mol. The van der Waals surface area contributed by atoms with Crippen LogP contribution < -0.4 is 0 Å². The zero-order chi connectivity index (χ0) is 12.9. The zero-order valence-corrected chi connectivity index (χ0v) is 11.8. The largest absolute Gasteiger partial charge is 0.346 e. The van der Waals surface area contributed by atoms with E-state index in [9.17, 15) is 0 Å². The Kier molecular flexibility index (Phi) is 2.53. The first-order valence-corrected chi connectivity index (χ1v) is 6.75. The number of fused-ring (bicyclic) bond motifs is 1. The minimum atomic E-state index is 0.407. The van der Waals surface area contributed by atoms with E-state index in [1.54, 1.807) is 0 Å². The Morgan fingerprint density at radius 1 is 1.17 bits per heavy atom. The fourth-order valence-corrected chi connectivity index (χ4v) is 2.80. The van der Waals surface area contributed by atoms with Crippen LogP contribution in [0.1, 0.15) is 24.0 Å². The Labute approximate surface area is 109 Å². The highest BCUT2D eigenvalue weighted by Gasteiger charge is 2.45. The topological polar surface area (TPSA) is 8.17 Å². The maximum atomic E-state index is 2.43. The van der Waals surface area contributed by atoms with Crippen LogP contribution in [0.4, 0.5) is 0 Å². The summed E-state index contributed by atoms with van der Waals surface area (Å²) in [7, 11) is 4.40. The van der Waals surface area contributed by atoms with E-state index in [0.29, 0.717) is 5.54 Å². The number of nitrogens with zero attached hydrogens (tertiary/aromatic N) is 2. The first-order valence-electron chi connectivity index (χ1n) is 6.75. The van der Waals surface area contributed by atoms with Gasteiger partial charge in [-0.3, -0.25) is 0 Å². The van der Waals surface area contributed by atoms with Gasteiger partial charge in [0.1, 0.15) is 0 Å². The summed E-state index contributed by atoms with van der Waals surface area (Å²) < 4.78 is 2.43. The quantitative estimate of drug-likeness (QED) is 0.801. The number of hydrogen-bond donors (Lipinski definition) is 0. The smallest absolute Gasteiger partial charge is 0.0483 e. The maximum Gasteiger partial charge on any atom is 0.0483 e. The van der Waals surface area contributed by atoms with Crippen LogP contribution in [0.3, 0.4) is 0 Å². The molecule has 1 fully saturated rings. The molecule has 0 amide bonds. The summed E-state index contributed by atoms with van der Waals surface area (Å²) in [6, 6.07) is 6.88. The van der Waals surface area contributed by atoms with Crippen LogP contribution in [0.25, 0.3) is 10.9 Å². The Morgan fingerprint density at radius 3 is 2.44 bits per heavy atom. The molecule has 0 atom stereocenters. The van der Waals surface area contributed by atoms with E-state index in [1.807, 2.05) is 0 Å². The van der Waals surface area contributed by atoms with Crippen LogP contribution in [0, 0.1) is 13.8 Å². The average Bonchev–Trinajstić information content (AvgIpc) is 3.01. The molecule has 0 unspecified atom stereocenters. The molecule has 1 heterocycles. The molecule has 2 nitrogen and oxygen atoms in total. The van der Waals surface area contributed by atoms with E-state index in [1.165, 1.54) is 34.9 Å². The molecule has 1 aromatic heterocycles. The molecule has 2 aromatic rings. The third-order valence-corrected chi connectivity index (χ3v) is 4.63. The highest BCUT2D eigenvalue weighted by atomic mass is 15.2. The van der Waals surface area contributed by atoms with Crippen molar-refractivity contribution >= 4 is 10.9 Å². The zero-order valence-electron chi connectivity index (χ0n) is 11.8. The Bertz CT molecular complexity index is 588. The van der Waals surface area contributed by atoms with Crippen molar-refractivity contribution in [3.63, 3.8) is 0 Å². The second-order valence-corrected chi connectivity index (χ2v) is 6.06. The van der Waals surface area contributed by atoms with Crippen LogP contribution in [0.15, 0.2) is 24.4 Å². The van der Waals surface area contributed by atoms with Gasteiger partial charge in [0.15, 0.2) is 0 Å². The molecule has 0 bridgehead atoms. The lowest BCUT2D eigenvalue weighted by atomic mass is 10.1. The van der Waals surface area contributed by atoms with Gasteiger partial charge in [0.25, 0.3) is 0 Å². The molecule has 0 saturated heterocycles. The standard InChI is InChI=1S/C16H22N2/c1-12-9-14-5-8-18(15(14)10-13(12)2)11-16(6-7-16)17(3)4/h5,8-10H,6-7,11H2,1-4H3. The number of likely N-dealkylation sites (N-methyl/N-ethyl adjacent to an activating group) is 1. The number of rotatable bonds is 3. The van der Waals surface area contributed by atoms with Gasteiger partial charge >= 0.3 is 0 Å². The van der Waals surface area contributed by atoms with Gasteiger partial charge in [0.05, 0.1) is 0 Å². The third kappa shape index (κ3) is 1.76. The predicted octanol–water partition coefficient (Wildman–Crippen LogP) is 3.35. The number of hydrogen-bond acceptors (Lipinski definition) is 1. The summed E-state index contributed by atoms with van der Waals surface area (Å²) in [5.74, 6) is 0. The SMILES string of the molecule is Cc1cc2ccn(CC3(N(C)C)CC3)c2cc1C. The summed E-state index contributed by atoms with van der Waals surface area (Å²) in [5, 5.41) is 1.37. The van der Waals surface area contributed by atoms with Crippen molar-refractivity contribution < 1.29 is 0 Å². The Hall–Kier alpha value is -1.28. The molecular formula is C16H22N2. The first-order chi connectivity index (χ1) is 8.52. The van der Waals surface area contributed by atoms with Gasteiger partial charge in [-0.15, -0.1) is 0 Å². The van der Waals surface area contributed by atoms with Gasteiger partial charge in [-0.2, -0.15) is 0 Å². The van der Waals surface area contributed by atoms with Crippen molar-refractivity contribution in [3.05, 3.63) is 35.5 Å². The predicted molar refractivity (Wildman–Crippen MR) is 77.1 cm³/mol. The fourth-order valence-electron chi connectivity index (χ4n) is 2.80. The molecule has 1 aliphatic carbocycles. The van der Waals surface area contributed by atoms with Gasteiger partial charge in [0.2, 0.25) is 0 Å². The van der Waals surface area contributed by atoms with E-state index in [4.69, 9.17) is 0 Å². The molecule has 1 saturated carbocycles. The van der Waals surface area contributed by atoms with Gasteiger partial charge < -0.3 is 9.47 Å². The van der Waals surface area contributed by atoms with Crippen LogP contribution >= 0.6 is 0 Å². The molecule has 0 N–H and O–H groups in total. The lowest BCUT2D eigenvalue weighted by Crippen LogP contribution is -2.34. The van der Waals surface area contributed by atoms with Gasteiger partial charge in [-0.1, -0.05) is 0 Å². The van der Waals surface area contributed by atoms with Crippen LogP contribution in [-0.2, 0) is 6.54 Å². The van der Waals surface area contributed by atoms with Crippen LogP contribution in [-0.4, -0.2) is 29.1 Å². The van der Waals surface area contributed by atoms with Crippen molar-refractivity contribution in [2.24, 2.45) is 0 Å². The molecule has 3 rings (SSSR count). The summed E-state index contributed by atoms with van der Waals surface area (Å²) in [4.78, 5) is 2.39. The third-order valence-electron chi connectivity index (χ3n) is 4.63. The van der Waals surface area contributed by atoms with E-state index < -0.39 is 0 Å². The number of aromatic nitrogens is 1. The molecule has 18 heavy (non-hydrogen) atoms. The van der Waals surface area contributed by atoms with Crippen molar-refractivity contribution in [2.75, 3.05) is 14.1 Å². The Morgan fingerprint density at radius 2 is 1.83 bits per heavy atom. The minimum absolute atomic E-state index is 0.407. The van der Waals surface area contributed by atoms with Gasteiger partial charge in [-0.25, -0.2) is 0 Å². The lowest BCUT2D eigenvalue weighted by molar-refractivity contribution is 0.244. The van der Waals surface area contributed by atoms with Crippen molar-refractivity contribution in [2.45, 2.75) is 38.8 Å². The van der Waals surface area contributed by atoms with Crippen LogP contribution in [0.2, 0.25) is 0 Å². The van der Waals surface area contributed by atoms with Crippen molar-refractivity contribution in [1.29, 1.82) is 0 Å². The van der Waals surface area contributed by atoms with Crippen molar-refractivity contribution in [3.8, 4) is 0 Å². The molecule has 0 radical (unpaired) electrons. The average molecular weight is 242 g/mol. The molecule has 96 valence electrons. The molecule has 1 aliphatic rings. The maximum absolute atomic E-state index is 2.43. The van der Waals surface area contributed by atoms with Gasteiger partial charge in [-0.05, 0) is 75.5 Å². The highest BCUT2D eigenvalue weighted by Crippen LogP contribution is 2.42. The minimum Gasteiger partial charge on any atom is -0.346 e. The summed E-state index contributed by atoms with van der Waals surface area (Å²) in [5.41, 5.74) is 4.56. The first kappa shape index (κ1) is 11.8. The van der Waals surface area contributed by atoms with E-state index >= 15 is 0 Å². The monoisotopic (exact) mass is 242 g/mol. The summed E-state index contributed by atoms with van der Waals surface area (Å²) >= 11 is 0. The number of benzene rings is 1. The van der Waals surface area contributed by atoms with E-state index in [-0.39, 0.29) is 0 Å². The molecule has 0 spiro atoms. The Balaban J connectivity index is 2.01. The highest BCUT2D eigenvalue weighted by molar-refractivity contribution is 5.81. The van der Waals surface area contributed by atoms with Crippen molar-refractivity contribution in [1.82, 2.24) is 9.47 Å².